The average molecular weight is 548 g/mol. The molecule has 0 saturated heterocycles. The minimum absolute atomic E-state index is 0.115. The number of pyridine rings is 1. The van der Waals surface area contributed by atoms with E-state index >= 15 is 0 Å². The third-order valence-corrected chi connectivity index (χ3v) is 6.41. The highest BCUT2D eigenvalue weighted by molar-refractivity contribution is 5.95. The zero-order chi connectivity index (χ0) is 28.4. The predicted molar refractivity (Wildman–Crippen MR) is 139 cm³/mol. The number of carbonyl (C=O) groups excluding carboxylic acids is 1. The lowest BCUT2D eigenvalue weighted by Gasteiger charge is -2.13. The first-order valence-electron chi connectivity index (χ1n) is 12.1. The molecule has 0 radical (unpaired) electrons. The van der Waals surface area contributed by atoms with E-state index in [1.54, 1.807) is 47.0 Å². The fourth-order valence-electron chi connectivity index (χ4n) is 4.34. The number of aromatic nitrogens is 2. The number of amides is 1. The number of nitrogens with zero attached hydrogens (tertiary/aromatic N) is 2. The molecule has 40 heavy (non-hydrogen) atoms. The maximum Gasteiger partial charge on any atom is 0.416 e. The molecule has 2 N–H and O–H groups in total. The Labute approximate surface area is 225 Å². The molecule has 5 rings (SSSR count). The predicted octanol–water partition coefficient (Wildman–Crippen LogP) is 6.38. The van der Waals surface area contributed by atoms with Gasteiger partial charge in [0.25, 0.3) is 5.91 Å². The van der Waals surface area contributed by atoms with Gasteiger partial charge in [-0.1, -0.05) is 36.4 Å². The highest BCUT2D eigenvalue weighted by atomic mass is 19.4. The van der Waals surface area contributed by atoms with Crippen LogP contribution in [0, 0.1) is 5.82 Å². The van der Waals surface area contributed by atoms with Crippen LogP contribution in [0.5, 0.6) is 0 Å². The van der Waals surface area contributed by atoms with Gasteiger partial charge in [-0.3, -0.25) is 9.20 Å². The fraction of sp³-hybridized carbons (Fsp3) is 0.100. The van der Waals surface area contributed by atoms with E-state index in [9.17, 15) is 27.2 Å². The van der Waals surface area contributed by atoms with Gasteiger partial charge in [-0.25, -0.2) is 14.2 Å². The van der Waals surface area contributed by atoms with Crippen LogP contribution >= 0.6 is 0 Å². The highest BCUT2D eigenvalue weighted by Crippen LogP contribution is 2.30. The monoisotopic (exact) mass is 547 g/mol. The Morgan fingerprint density at radius 2 is 1.50 bits per heavy atom. The molecular weight excluding hydrogens is 526 g/mol. The molecule has 1 amide bonds. The number of aromatic carboxylic acids is 1. The second kappa shape index (κ2) is 10.6. The molecule has 6 nitrogen and oxygen atoms in total. The lowest BCUT2D eigenvalue weighted by Crippen LogP contribution is -2.25. The van der Waals surface area contributed by atoms with Crippen LogP contribution < -0.4 is 5.32 Å². The van der Waals surface area contributed by atoms with Gasteiger partial charge in [0.1, 0.15) is 17.2 Å². The van der Waals surface area contributed by atoms with Crippen LogP contribution in [0.4, 0.5) is 17.6 Å². The average Bonchev–Trinajstić information content (AvgIpc) is 3.34. The van der Waals surface area contributed by atoms with Crippen molar-refractivity contribution in [2.24, 2.45) is 0 Å². The van der Waals surface area contributed by atoms with E-state index in [0.29, 0.717) is 33.6 Å². The van der Waals surface area contributed by atoms with E-state index in [4.69, 9.17) is 5.11 Å². The molecule has 0 saturated carbocycles. The second-order valence-corrected chi connectivity index (χ2v) is 9.14. The first kappa shape index (κ1) is 26.6. The van der Waals surface area contributed by atoms with E-state index < -0.39 is 29.4 Å². The summed E-state index contributed by atoms with van der Waals surface area (Å²) in [4.78, 5) is 29.0. The molecule has 10 heteroatoms. The number of hydrogen-bond acceptors (Lipinski definition) is 3. The maximum absolute atomic E-state index is 13.5. The summed E-state index contributed by atoms with van der Waals surface area (Å²) in [5.41, 5.74) is 3.16. The Morgan fingerprint density at radius 3 is 2.12 bits per heavy atom. The number of rotatable bonds is 7. The summed E-state index contributed by atoms with van der Waals surface area (Å²) >= 11 is 0. The minimum Gasteiger partial charge on any atom is -0.478 e. The SMILES string of the molecule is O=C(O)c1ccc(CNC(=O)c2cc(-c3ccc(F)cc3)cc3ncc(Cc4ccc(C(F)(F)F)cc4)n23)cc1. The molecule has 0 aliphatic rings. The van der Waals surface area contributed by atoms with Gasteiger partial charge in [-0.15, -0.1) is 0 Å². The number of imidazole rings is 1. The van der Waals surface area contributed by atoms with E-state index in [1.165, 1.54) is 36.4 Å². The largest absolute Gasteiger partial charge is 0.478 e. The maximum atomic E-state index is 13.5. The summed E-state index contributed by atoms with van der Waals surface area (Å²) in [5, 5.41) is 11.9. The number of hydrogen-bond donors (Lipinski definition) is 2. The van der Waals surface area contributed by atoms with Crippen LogP contribution in [0.1, 0.15) is 43.2 Å². The first-order valence-corrected chi connectivity index (χ1v) is 12.1. The Kier molecular flexibility index (Phi) is 7.08. The summed E-state index contributed by atoms with van der Waals surface area (Å²) < 4.78 is 54.1. The fourth-order valence-corrected chi connectivity index (χ4v) is 4.34. The first-order chi connectivity index (χ1) is 19.1. The third kappa shape index (κ3) is 5.70. The Hall–Kier alpha value is -4.99. The number of halogens is 4. The van der Waals surface area contributed by atoms with Gasteiger partial charge in [-0.05, 0) is 70.8 Å². The molecule has 0 aliphatic carbocycles. The minimum atomic E-state index is -4.45. The summed E-state index contributed by atoms with van der Waals surface area (Å²) in [6, 6.07) is 20.0. The van der Waals surface area contributed by atoms with Crippen molar-refractivity contribution >= 4 is 17.5 Å². The summed E-state index contributed by atoms with van der Waals surface area (Å²) in [6.07, 6.45) is -2.67. The summed E-state index contributed by atoms with van der Waals surface area (Å²) in [6.45, 7) is 0.115. The Bertz CT molecular complexity index is 1690. The van der Waals surface area contributed by atoms with Crippen molar-refractivity contribution in [2.75, 3.05) is 0 Å². The van der Waals surface area contributed by atoms with Gasteiger partial charge < -0.3 is 10.4 Å². The molecule has 3 aromatic carbocycles. The van der Waals surface area contributed by atoms with Gasteiger partial charge >= 0.3 is 12.1 Å². The quantitative estimate of drug-likeness (QED) is 0.232. The Morgan fingerprint density at radius 1 is 0.850 bits per heavy atom. The number of carboxylic acid groups (broad SMARTS) is 1. The van der Waals surface area contributed by atoms with Crippen LogP contribution in [-0.4, -0.2) is 26.4 Å². The van der Waals surface area contributed by atoms with Crippen molar-refractivity contribution < 1.29 is 32.3 Å². The van der Waals surface area contributed by atoms with E-state index in [1.807, 2.05) is 0 Å². The molecule has 0 bridgehead atoms. The molecule has 0 fully saturated rings. The van der Waals surface area contributed by atoms with Crippen LogP contribution in [0.25, 0.3) is 16.8 Å². The summed E-state index contributed by atoms with van der Waals surface area (Å²) in [5.74, 6) is -1.92. The van der Waals surface area contributed by atoms with Crippen molar-refractivity contribution in [1.82, 2.24) is 14.7 Å². The van der Waals surface area contributed by atoms with E-state index in [2.05, 4.69) is 10.3 Å². The van der Waals surface area contributed by atoms with Crippen LogP contribution in [-0.2, 0) is 19.1 Å². The van der Waals surface area contributed by atoms with Gasteiger partial charge in [-0.2, -0.15) is 13.2 Å². The number of fused-ring (bicyclic) bond motifs is 1. The molecule has 202 valence electrons. The van der Waals surface area contributed by atoms with Crippen molar-refractivity contribution in [3.63, 3.8) is 0 Å². The number of nitrogens with one attached hydrogen (secondary N) is 1. The molecule has 5 aromatic rings. The van der Waals surface area contributed by atoms with E-state index in [-0.39, 0.29) is 24.2 Å². The third-order valence-electron chi connectivity index (χ3n) is 6.41. The van der Waals surface area contributed by atoms with Gasteiger partial charge in [0, 0.05) is 24.9 Å². The molecule has 2 heterocycles. The summed E-state index contributed by atoms with van der Waals surface area (Å²) in [7, 11) is 0. The second-order valence-electron chi connectivity index (χ2n) is 9.14. The van der Waals surface area contributed by atoms with Crippen molar-refractivity contribution in [1.29, 1.82) is 0 Å². The molecule has 0 spiro atoms. The lowest BCUT2D eigenvalue weighted by atomic mass is 10.0. The van der Waals surface area contributed by atoms with Gasteiger partial charge in [0.15, 0.2) is 0 Å². The molecule has 0 atom stereocenters. The number of alkyl halides is 3. The van der Waals surface area contributed by atoms with Crippen molar-refractivity contribution in [3.8, 4) is 11.1 Å². The standard InChI is InChI=1S/C30H21F4N3O3/c31-24-11-7-20(8-12-24)22-14-26(28(38)36-16-19-1-5-21(6-2-19)29(39)40)37-25(17-35-27(37)15-22)13-18-3-9-23(10-4-18)30(32,33)34/h1-12,14-15,17H,13,16H2,(H,36,38)(H,39,40). The van der Waals surface area contributed by atoms with Crippen LogP contribution in [0.3, 0.4) is 0 Å². The van der Waals surface area contributed by atoms with Gasteiger partial charge in [0.05, 0.1) is 11.1 Å². The smallest absolute Gasteiger partial charge is 0.416 e. The number of carbonyl (C=O) groups is 2. The molecular formula is C30H21F4N3O3. The number of benzene rings is 3. The Balaban J connectivity index is 1.50. The lowest BCUT2D eigenvalue weighted by molar-refractivity contribution is -0.137. The molecule has 0 unspecified atom stereocenters. The molecule has 0 aliphatic heterocycles. The topological polar surface area (TPSA) is 83.7 Å². The van der Waals surface area contributed by atoms with Crippen LogP contribution in [0.2, 0.25) is 0 Å². The zero-order valence-electron chi connectivity index (χ0n) is 20.7. The van der Waals surface area contributed by atoms with Crippen LogP contribution in [0.15, 0.2) is 91.1 Å². The van der Waals surface area contributed by atoms with Gasteiger partial charge in [0.2, 0.25) is 0 Å². The highest BCUT2D eigenvalue weighted by Gasteiger charge is 2.30. The van der Waals surface area contributed by atoms with E-state index in [0.717, 1.165) is 12.1 Å². The molecule has 2 aromatic heterocycles. The normalized spacial score (nSPS) is 11.5. The number of carboxylic acids is 1. The zero-order valence-corrected chi connectivity index (χ0v) is 20.7. The van der Waals surface area contributed by atoms with Crippen molar-refractivity contribution in [3.05, 3.63) is 131 Å². The van der Waals surface area contributed by atoms with Crippen molar-refractivity contribution in [2.45, 2.75) is 19.1 Å².